The summed E-state index contributed by atoms with van der Waals surface area (Å²) < 4.78 is 24.7. The SMILES string of the molecule is CC(C)c1nc(C(C)C)c2c(C#N)cn(CCS(C)(=O)=O)c2n1. The summed E-state index contributed by atoms with van der Waals surface area (Å²) in [4.78, 5) is 9.23. The Hall–Kier alpha value is -1.94. The van der Waals surface area contributed by atoms with Crippen LogP contribution in [0.4, 0.5) is 0 Å². The van der Waals surface area contributed by atoms with Gasteiger partial charge in [0.25, 0.3) is 0 Å². The minimum Gasteiger partial charge on any atom is -0.330 e. The maximum atomic E-state index is 11.5. The van der Waals surface area contributed by atoms with Crippen LogP contribution in [0.5, 0.6) is 0 Å². The van der Waals surface area contributed by atoms with Crippen molar-refractivity contribution in [3.63, 3.8) is 0 Å². The number of hydrogen-bond acceptors (Lipinski definition) is 5. The van der Waals surface area contributed by atoms with Crippen LogP contribution in [0.25, 0.3) is 11.0 Å². The van der Waals surface area contributed by atoms with Crippen molar-refractivity contribution in [3.8, 4) is 6.07 Å². The van der Waals surface area contributed by atoms with Crippen LogP contribution in [-0.2, 0) is 16.4 Å². The number of aryl methyl sites for hydroxylation is 1. The predicted octanol–water partition coefficient (Wildman–Crippen LogP) is 2.59. The van der Waals surface area contributed by atoms with Crippen molar-refractivity contribution in [1.29, 1.82) is 5.26 Å². The van der Waals surface area contributed by atoms with Gasteiger partial charge in [-0.25, -0.2) is 18.4 Å². The van der Waals surface area contributed by atoms with Crippen molar-refractivity contribution in [1.82, 2.24) is 14.5 Å². The van der Waals surface area contributed by atoms with Gasteiger partial charge in [0.2, 0.25) is 0 Å². The molecule has 0 amide bonds. The Morgan fingerprint density at radius 3 is 2.35 bits per heavy atom. The van der Waals surface area contributed by atoms with Crippen molar-refractivity contribution >= 4 is 20.9 Å². The van der Waals surface area contributed by atoms with Gasteiger partial charge in [-0.05, 0) is 5.92 Å². The number of nitrogens with zero attached hydrogens (tertiary/aromatic N) is 4. The van der Waals surface area contributed by atoms with Crippen molar-refractivity contribution in [2.24, 2.45) is 0 Å². The van der Waals surface area contributed by atoms with Crippen LogP contribution in [0.2, 0.25) is 0 Å². The van der Waals surface area contributed by atoms with Gasteiger partial charge < -0.3 is 4.57 Å². The first-order valence-corrected chi connectivity index (χ1v) is 9.68. The van der Waals surface area contributed by atoms with Gasteiger partial charge in [-0.2, -0.15) is 5.26 Å². The Kier molecular flexibility index (Phi) is 4.76. The second-order valence-corrected chi connectivity index (χ2v) is 8.71. The molecule has 0 bridgehead atoms. The van der Waals surface area contributed by atoms with E-state index in [1.165, 1.54) is 6.26 Å². The van der Waals surface area contributed by atoms with E-state index in [1.54, 1.807) is 10.8 Å². The van der Waals surface area contributed by atoms with Crippen molar-refractivity contribution in [2.75, 3.05) is 12.0 Å². The second-order valence-electron chi connectivity index (χ2n) is 6.45. The Morgan fingerprint density at radius 1 is 1.22 bits per heavy atom. The fourth-order valence-corrected chi connectivity index (χ4v) is 2.95. The normalized spacial score (nSPS) is 12.3. The second kappa shape index (κ2) is 6.28. The summed E-state index contributed by atoms with van der Waals surface area (Å²) in [7, 11) is -3.09. The fraction of sp³-hybridized carbons (Fsp3) is 0.562. The Bertz CT molecular complexity index is 874. The van der Waals surface area contributed by atoms with E-state index in [9.17, 15) is 13.7 Å². The van der Waals surface area contributed by atoms with E-state index in [4.69, 9.17) is 0 Å². The molecule has 0 spiro atoms. The maximum absolute atomic E-state index is 11.5. The smallest absolute Gasteiger partial charge is 0.149 e. The van der Waals surface area contributed by atoms with Crippen LogP contribution in [0.3, 0.4) is 0 Å². The molecule has 2 aromatic heterocycles. The lowest BCUT2D eigenvalue weighted by Gasteiger charge is -2.12. The van der Waals surface area contributed by atoms with Gasteiger partial charge >= 0.3 is 0 Å². The standard InChI is InChI=1S/C16H22N4O2S/c1-10(2)14-13-12(8-17)9-20(6-7-23(5,21)22)16(13)19-15(18-14)11(3)4/h9-11H,6-7H2,1-5H3. The highest BCUT2D eigenvalue weighted by Gasteiger charge is 2.20. The summed E-state index contributed by atoms with van der Waals surface area (Å²) in [5.74, 6) is 1.03. The molecule has 0 aliphatic rings. The number of sulfone groups is 1. The molecule has 0 aromatic carbocycles. The molecule has 7 heteroatoms. The van der Waals surface area contributed by atoms with Gasteiger partial charge in [0.05, 0.1) is 22.4 Å². The lowest BCUT2D eigenvalue weighted by Crippen LogP contribution is -2.12. The Morgan fingerprint density at radius 2 is 1.87 bits per heavy atom. The van der Waals surface area contributed by atoms with E-state index < -0.39 is 9.84 Å². The van der Waals surface area contributed by atoms with Gasteiger partial charge in [-0.1, -0.05) is 27.7 Å². The molecule has 0 radical (unpaired) electrons. The Balaban J connectivity index is 2.72. The molecule has 0 N–H and O–H groups in total. The molecule has 0 fully saturated rings. The van der Waals surface area contributed by atoms with Crippen LogP contribution in [-0.4, -0.2) is 35.0 Å². The molecule has 0 aliphatic heterocycles. The van der Waals surface area contributed by atoms with Crippen LogP contribution >= 0.6 is 0 Å². The number of nitriles is 1. The largest absolute Gasteiger partial charge is 0.330 e. The van der Waals surface area contributed by atoms with Crippen LogP contribution in [0.15, 0.2) is 6.20 Å². The highest BCUT2D eigenvalue weighted by molar-refractivity contribution is 7.90. The monoisotopic (exact) mass is 334 g/mol. The van der Waals surface area contributed by atoms with Gasteiger partial charge in [-0.3, -0.25) is 0 Å². The first-order chi connectivity index (χ1) is 10.6. The number of fused-ring (bicyclic) bond motifs is 1. The third-order valence-electron chi connectivity index (χ3n) is 3.65. The van der Waals surface area contributed by atoms with E-state index in [-0.39, 0.29) is 24.1 Å². The summed E-state index contributed by atoms with van der Waals surface area (Å²) >= 11 is 0. The third-order valence-corrected chi connectivity index (χ3v) is 4.57. The van der Waals surface area contributed by atoms with Gasteiger partial charge in [0, 0.05) is 24.9 Å². The number of rotatable bonds is 5. The first-order valence-electron chi connectivity index (χ1n) is 7.62. The lowest BCUT2D eigenvalue weighted by atomic mass is 10.0. The molecule has 0 aliphatic carbocycles. The van der Waals surface area contributed by atoms with E-state index in [2.05, 4.69) is 16.0 Å². The molecule has 0 saturated carbocycles. The van der Waals surface area contributed by atoms with Crippen molar-refractivity contribution < 1.29 is 8.42 Å². The van der Waals surface area contributed by atoms with E-state index in [0.717, 1.165) is 11.1 Å². The minimum absolute atomic E-state index is 0.0136. The zero-order valence-corrected chi connectivity index (χ0v) is 15.0. The molecule has 6 nitrogen and oxygen atoms in total. The topological polar surface area (TPSA) is 88.6 Å². The van der Waals surface area contributed by atoms with Crippen LogP contribution in [0, 0.1) is 11.3 Å². The van der Waals surface area contributed by atoms with Gasteiger partial charge in [0.1, 0.15) is 27.4 Å². The molecule has 0 atom stereocenters. The zero-order valence-electron chi connectivity index (χ0n) is 14.2. The van der Waals surface area contributed by atoms with Gasteiger partial charge in [-0.15, -0.1) is 0 Å². The molecule has 2 aromatic rings. The van der Waals surface area contributed by atoms with Crippen LogP contribution < -0.4 is 0 Å². The molecular formula is C16H22N4O2S. The average molecular weight is 334 g/mol. The van der Waals surface area contributed by atoms with Crippen molar-refractivity contribution in [2.45, 2.75) is 46.1 Å². The van der Waals surface area contributed by atoms with E-state index in [0.29, 0.717) is 17.0 Å². The molecule has 2 rings (SSSR count). The van der Waals surface area contributed by atoms with Crippen molar-refractivity contribution in [3.05, 3.63) is 23.3 Å². The summed E-state index contributed by atoms with van der Waals surface area (Å²) in [6.45, 7) is 8.37. The number of hydrogen-bond donors (Lipinski definition) is 0. The number of aromatic nitrogens is 3. The third kappa shape index (κ3) is 3.70. The highest BCUT2D eigenvalue weighted by Crippen LogP contribution is 2.29. The maximum Gasteiger partial charge on any atom is 0.149 e. The molecular weight excluding hydrogens is 312 g/mol. The molecule has 0 unspecified atom stereocenters. The summed E-state index contributed by atoms with van der Waals surface area (Å²) in [5.41, 5.74) is 1.98. The van der Waals surface area contributed by atoms with Crippen LogP contribution in [0.1, 0.15) is 56.6 Å². The fourth-order valence-electron chi connectivity index (χ4n) is 2.43. The summed E-state index contributed by atoms with van der Waals surface area (Å²) in [6.07, 6.45) is 2.89. The summed E-state index contributed by atoms with van der Waals surface area (Å²) in [6, 6.07) is 2.18. The van der Waals surface area contributed by atoms with E-state index in [1.807, 2.05) is 27.7 Å². The molecule has 2 heterocycles. The van der Waals surface area contributed by atoms with E-state index >= 15 is 0 Å². The molecule has 0 saturated heterocycles. The predicted molar refractivity (Wildman–Crippen MR) is 90.1 cm³/mol. The quantitative estimate of drug-likeness (QED) is 0.838. The molecule has 23 heavy (non-hydrogen) atoms. The zero-order chi connectivity index (χ0) is 17.4. The van der Waals surface area contributed by atoms with Gasteiger partial charge in [0.15, 0.2) is 0 Å². The average Bonchev–Trinajstić information content (AvgIpc) is 2.81. The first kappa shape index (κ1) is 17.4. The minimum atomic E-state index is -3.09. The summed E-state index contributed by atoms with van der Waals surface area (Å²) in [5, 5.41) is 10.2. The Labute approximate surface area is 137 Å². The highest BCUT2D eigenvalue weighted by atomic mass is 32.2. The lowest BCUT2D eigenvalue weighted by molar-refractivity contribution is 0.595. The molecule has 124 valence electrons.